The summed E-state index contributed by atoms with van der Waals surface area (Å²) in [4.78, 5) is 12.1. The van der Waals surface area contributed by atoms with Crippen LogP contribution in [-0.4, -0.2) is 30.6 Å². The fourth-order valence-electron chi connectivity index (χ4n) is 2.80. The Balaban J connectivity index is 2.24. The van der Waals surface area contributed by atoms with E-state index >= 15 is 0 Å². The Labute approximate surface area is 129 Å². The number of rotatable bonds is 5. The lowest BCUT2D eigenvalue weighted by atomic mass is 10.1. The molecule has 2 rings (SSSR count). The van der Waals surface area contributed by atoms with Crippen molar-refractivity contribution in [3.63, 3.8) is 0 Å². The molecule has 2 N–H and O–H groups in total. The summed E-state index contributed by atoms with van der Waals surface area (Å²) in [5.41, 5.74) is 0.255. The maximum atomic E-state index is 12.3. The van der Waals surface area contributed by atoms with Crippen LogP contribution in [0.2, 0.25) is 0 Å². The van der Waals surface area contributed by atoms with Gasteiger partial charge in [-0.2, -0.15) is 5.10 Å². The van der Waals surface area contributed by atoms with Crippen molar-refractivity contribution in [1.29, 1.82) is 0 Å². The van der Waals surface area contributed by atoms with Gasteiger partial charge < -0.3 is 5.32 Å². The van der Waals surface area contributed by atoms with Gasteiger partial charge in [0.2, 0.25) is 0 Å². The van der Waals surface area contributed by atoms with Crippen LogP contribution >= 0.6 is 10.7 Å². The average Bonchev–Trinajstić information content (AvgIpc) is 2.95. The highest BCUT2D eigenvalue weighted by Gasteiger charge is 2.30. The van der Waals surface area contributed by atoms with Gasteiger partial charge in [0.25, 0.3) is 15.0 Å². The number of carbonyl (C=O) groups excluding carboxylic acids is 1. The predicted octanol–water partition coefficient (Wildman–Crippen LogP) is 2.21. The molecule has 0 aromatic carbocycles. The van der Waals surface area contributed by atoms with Crippen molar-refractivity contribution in [1.82, 2.24) is 15.5 Å². The topological polar surface area (TPSA) is 91.9 Å². The van der Waals surface area contributed by atoms with Gasteiger partial charge in [0, 0.05) is 16.7 Å². The largest absolute Gasteiger partial charge is 0.348 e. The second-order valence-corrected chi connectivity index (χ2v) is 8.16. The summed E-state index contributed by atoms with van der Waals surface area (Å²) >= 11 is 0. The van der Waals surface area contributed by atoms with Gasteiger partial charge >= 0.3 is 0 Å². The molecule has 2 atom stereocenters. The average molecular weight is 334 g/mol. The number of aryl methyl sites for hydroxylation is 1. The van der Waals surface area contributed by atoms with E-state index < -0.39 is 15.0 Å². The predicted molar refractivity (Wildman–Crippen MR) is 79.9 cm³/mol. The van der Waals surface area contributed by atoms with Crippen molar-refractivity contribution in [2.24, 2.45) is 5.92 Å². The Hall–Kier alpha value is -1.08. The van der Waals surface area contributed by atoms with Crippen LogP contribution in [0.3, 0.4) is 0 Å². The van der Waals surface area contributed by atoms with Crippen LogP contribution in [0.25, 0.3) is 0 Å². The first-order chi connectivity index (χ1) is 9.82. The van der Waals surface area contributed by atoms with E-state index in [4.69, 9.17) is 10.7 Å². The Morgan fingerprint density at radius 1 is 1.48 bits per heavy atom. The fraction of sp³-hybridized carbons (Fsp3) is 0.692. The Morgan fingerprint density at radius 3 is 2.71 bits per heavy atom. The molecule has 0 bridgehead atoms. The summed E-state index contributed by atoms with van der Waals surface area (Å²) in [7, 11) is 1.45. The van der Waals surface area contributed by atoms with E-state index in [9.17, 15) is 13.2 Å². The maximum Gasteiger partial charge on any atom is 0.273 e. The van der Waals surface area contributed by atoms with Crippen LogP contribution in [0.1, 0.15) is 55.7 Å². The molecule has 0 radical (unpaired) electrons. The molecule has 118 valence electrons. The van der Waals surface area contributed by atoms with E-state index in [1.165, 1.54) is 0 Å². The van der Waals surface area contributed by atoms with Gasteiger partial charge in [0.15, 0.2) is 5.69 Å². The van der Waals surface area contributed by atoms with Crippen molar-refractivity contribution in [2.45, 2.75) is 56.9 Å². The molecule has 1 amide bonds. The summed E-state index contributed by atoms with van der Waals surface area (Å²) in [6.07, 6.45) is 4.07. The van der Waals surface area contributed by atoms with Crippen LogP contribution in [0, 0.1) is 5.92 Å². The smallest absolute Gasteiger partial charge is 0.273 e. The summed E-state index contributed by atoms with van der Waals surface area (Å²) in [6.45, 7) is 4.04. The Bertz CT molecular complexity index is 627. The number of halogens is 1. The van der Waals surface area contributed by atoms with Crippen LogP contribution in [-0.2, 0) is 15.5 Å². The maximum absolute atomic E-state index is 12.3. The van der Waals surface area contributed by atoms with Crippen molar-refractivity contribution in [3.8, 4) is 0 Å². The molecule has 0 aliphatic heterocycles. The van der Waals surface area contributed by atoms with Crippen molar-refractivity contribution in [2.75, 3.05) is 0 Å². The zero-order chi connectivity index (χ0) is 15.6. The highest BCUT2D eigenvalue weighted by molar-refractivity contribution is 8.13. The highest BCUT2D eigenvalue weighted by Crippen LogP contribution is 2.27. The van der Waals surface area contributed by atoms with E-state index in [-0.39, 0.29) is 16.6 Å². The molecule has 0 spiro atoms. The number of H-pyrrole nitrogens is 1. The summed E-state index contributed by atoms with van der Waals surface area (Å²) < 4.78 is 23.5. The van der Waals surface area contributed by atoms with Gasteiger partial charge in [-0.05, 0) is 31.6 Å². The second-order valence-electron chi connectivity index (χ2n) is 5.66. The zero-order valence-corrected chi connectivity index (χ0v) is 13.7. The number of hydrogen-bond acceptors (Lipinski definition) is 4. The van der Waals surface area contributed by atoms with Crippen LogP contribution in [0.4, 0.5) is 0 Å². The SMILES string of the molecule is CCCc1[nH]nc(C(=O)NC2CCC(C)C2)c1S(=O)(=O)Cl. The van der Waals surface area contributed by atoms with E-state index in [0.717, 1.165) is 25.7 Å². The number of carbonyl (C=O) groups is 1. The highest BCUT2D eigenvalue weighted by atomic mass is 35.7. The van der Waals surface area contributed by atoms with Crippen molar-refractivity contribution >= 4 is 25.6 Å². The summed E-state index contributed by atoms with van der Waals surface area (Å²) in [5, 5.41) is 9.33. The van der Waals surface area contributed by atoms with Gasteiger partial charge in [-0.3, -0.25) is 9.89 Å². The molecule has 1 aromatic heterocycles. The van der Waals surface area contributed by atoms with E-state index in [2.05, 4.69) is 22.4 Å². The molecular formula is C13H20ClN3O3S. The van der Waals surface area contributed by atoms with E-state index in [1.807, 2.05) is 6.92 Å². The molecule has 1 aromatic rings. The van der Waals surface area contributed by atoms with Gasteiger partial charge in [0.1, 0.15) is 4.90 Å². The zero-order valence-electron chi connectivity index (χ0n) is 12.1. The molecule has 1 heterocycles. The van der Waals surface area contributed by atoms with Crippen molar-refractivity contribution in [3.05, 3.63) is 11.4 Å². The number of nitrogens with one attached hydrogen (secondary N) is 2. The first-order valence-corrected chi connectivity index (χ1v) is 9.46. The van der Waals surface area contributed by atoms with Gasteiger partial charge in [-0.15, -0.1) is 0 Å². The molecule has 2 unspecified atom stereocenters. The molecule has 0 saturated heterocycles. The van der Waals surface area contributed by atoms with Gasteiger partial charge in [0.05, 0.1) is 5.69 Å². The number of hydrogen-bond donors (Lipinski definition) is 2. The lowest BCUT2D eigenvalue weighted by molar-refractivity contribution is 0.0929. The van der Waals surface area contributed by atoms with Crippen LogP contribution in [0.15, 0.2) is 4.90 Å². The standard InChI is InChI=1S/C13H20ClN3O3S/c1-3-4-10-12(21(14,19)20)11(17-16-10)13(18)15-9-6-5-8(2)7-9/h8-9H,3-7H2,1-2H3,(H,15,18)(H,16,17). The minimum atomic E-state index is -4.01. The number of amides is 1. The van der Waals surface area contributed by atoms with Gasteiger partial charge in [-0.25, -0.2) is 8.42 Å². The van der Waals surface area contributed by atoms with Crippen LogP contribution < -0.4 is 5.32 Å². The van der Waals surface area contributed by atoms with Gasteiger partial charge in [-0.1, -0.05) is 20.3 Å². The Kier molecular flexibility index (Phi) is 4.93. The molecular weight excluding hydrogens is 314 g/mol. The van der Waals surface area contributed by atoms with Crippen LogP contribution in [0.5, 0.6) is 0 Å². The molecule has 1 aliphatic carbocycles. The minimum Gasteiger partial charge on any atom is -0.348 e. The van der Waals surface area contributed by atoms with Crippen molar-refractivity contribution < 1.29 is 13.2 Å². The molecule has 1 fully saturated rings. The number of aromatic amines is 1. The number of nitrogens with zero attached hydrogens (tertiary/aromatic N) is 1. The summed E-state index contributed by atoms with van der Waals surface area (Å²) in [6, 6.07) is 0.0738. The van der Waals surface area contributed by atoms with E-state index in [1.54, 1.807) is 0 Å². The number of aromatic nitrogens is 2. The monoisotopic (exact) mass is 333 g/mol. The first kappa shape index (κ1) is 16.3. The third-order valence-electron chi connectivity index (χ3n) is 3.78. The second kappa shape index (κ2) is 6.36. The third-order valence-corrected chi connectivity index (χ3v) is 5.17. The lowest BCUT2D eigenvalue weighted by Crippen LogP contribution is -2.33. The lowest BCUT2D eigenvalue weighted by Gasteiger charge is -2.11. The molecule has 21 heavy (non-hydrogen) atoms. The summed E-state index contributed by atoms with van der Waals surface area (Å²) in [5.74, 6) is 0.0910. The molecule has 1 saturated carbocycles. The molecule has 6 nitrogen and oxygen atoms in total. The van der Waals surface area contributed by atoms with E-state index in [0.29, 0.717) is 18.0 Å². The fourth-order valence-corrected chi connectivity index (χ4v) is 4.11. The quantitative estimate of drug-likeness (QED) is 0.808. The minimum absolute atomic E-state index is 0.0738. The third kappa shape index (κ3) is 3.77. The first-order valence-electron chi connectivity index (χ1n) is 7.15. The molecule has 8 heteroatoms. The Morgan fingerprint density at radius 2 is 2.19 bits per heavy atom. The normalized spacial score (nSPS) is 22.4. The molecule has 1 aliphatic rings.